The molecule has 1 N–H and O–H groups in total. The number of hydrogen-bond donors (Lipinski definition) is 1. The van der Waals surface area contributed by atoms with E-state index in [1.54, 1.807) is 0 Å². The number of nitrogens with one attached hydrogen (secondary N) is 1. The second-order valence-electron chi connectivity index (χ2n) is 4.36. The molecule has 0 aromatic rings. The van der Waals surface area contributed by atoms with E-state index in [4.69, 9.17) is 9.47 Å². The zero-order valence-electron chi connectivity index (χ0n) is 10.5. The van der Waals surface area contributed by atoms with Gasteiger partial charge in [0.25, 0.3) is 0 Å². The molecule has 0 saturated heterocycles. The van der Waals surface area contributed by atoms with Gasteiger partial charge in [0.2, 0.25) is 0 Å². The largest absolute Gasteiger partial charge is 0.457 e. The molecular formula is C12H19NO4. The van der Waals surface area contributed by atoms with Crippen LogP contribution in [-0.2, 0) is 19.1 Å². The first-order chi connectivity index (χ1) is 7.78. The minimum atomic E-state index is -0.718. The van der Waals surface area contributed by atoms with E-state index in [0.29, 0.717) is 0 Å². The molecule has 0 aromatic heterocycles. The molecule has 0 saturated carbocycles. The van der Waals surface area contributed by atoms with Crippen molar-refractivity contribution < 1.29 is 19.1 Å². The van der Waals surface area contributed by atoms with Crippen LogP contribution in [0.3, 0.4) is 0 Å². The minimum absolute atomic E-state index is 0.0816. The smallest absolute Gasteiger partial charge is 0.331 e. The van der Waals surface area contributed by atoms with E-state index < -0.39 is 18.2 Å². The van der Waals surface area contributed by atoms with Gasteiger partial charge in [-0.1, -0.05) is 13.2 Å². The third-order valence-corrected chi connectivity index (χ3v) is 1.56. The Morgan fingerprint density at radius 2 is 1.76 bits per heavy atom. The Balaban J connectivity index is 4.39. The molecule has 0 spiro atoms. The van der Waals surface area contributed by atoms with Crippen molar-refractivity contribution in [1.82, 2.24) is 5.32 Å². The van der Waals surface area contributed by atoms with Crippen molar-refractivity contribution >= 4 is 11.9 Å². The van der Waals surface area contributed by atoms with Gasteiger partial charge in [-0.3, -0.25) is 5.32 Å². The van der Waals surface area contributed by atoms with Crippen LogP contribution < -0.4 is 5.32 Å². The molecule has 0 aliphatic carbocycles. The molecule has 5 heteroatoms. The lowest BCUT2D eigenvalue weighted by Gasteiger charge is -2.27. The van der Waals surface area contributed by atoms with Gasteiger partial charge < -0.3 is 9.47 Å². The molecule has 0 amide bonds. The number of ether oxygens (including phenoxy) is 2. The van der Waals surface area contributed by atoms with Gasteiger partial charge in [-0.25, -0.2) is 9.59 Å². The Morgan fingerprint density at radius 1 is 1.24 bits per heavy atom. The van der Waals surface area contributed by atoms with E-state index in [0.717, 1.165) is 12.2 Å². The fourth-order valence-electron chi connectivity index (χ4n) is 0.993. The van der Waals surface area contributed by atoms with Gasteiger partial charge >= 0.3 is 11.9 Å². The molecule has 0 rings (SSSR count). The molecule has 1 atom stereocenters. The molecule has 1 unspecified atom stereocenters. The summed E-state index contributed by atoms with van der Waals surface area (Å²) in [5, 5.41) is 3.00. The normalized spacial score (nSPS) is 12.4. The summed E-state index contributed by atoms with van der Waals surface area (Å²) in [6.45, 7) is 12.2. The lowest BCUT2D eigenvalue weighted by atomic mass is 10.1. The first kappa shape index (κ1) is 15.4. The average molecular weight is 241 g/mol. The SMILES string of the molecule is C=CC(=O)OCC(NC(C)(C)C)OC(=O)C=C. The van der Waals surface area contributed by atoms with Crippen molar-refractivity contribution in [3.05, 3.63) is 25.3 Å². The van der Waals surface area contributed by atoms with Gasteiger partial charge in [0, 0.05) is 17.7 Å². The van der Waals surface area contributed by atoms with Crippen LogP contribution in [0, 0.1) is 0 Å². The third kappa shape index (κ3) is 8.21. The number of hydrogen-bond acceptors (Lipinski definition) is 5. The van der Waals surface area contributed by atoms with Crippen molar-refractivity contribution in [2.45, 2.75) is 32.5 Å². The van der Waals surface area contributed by atoms with Gasteiger partial charge in [-0.2, -0.15) is 0 Å². The summed E-state index contributed by atoms with van der Waals surface area (Å²) >= 11 is 0. The topological polar surface area (TPSA) is 64.6 Å². The van der Waals surface area contributed by atoms with Crippen LogP contribution in [0.5, 0.6) is 0 Å². The summed E-state index contributed by atoms with van der Waals surface area (Å²) in [5.41, 5.74) is -0.285. The Kier molecular flexibility index (Phi) is 6.20. The minimum Gasteiger partial charge on any atom is -0.457 e. The van der Waals surface area contributed by atoms with E-state index in [-0.39, 0.29) is 12.1 Å². The van der Waals surface area contributed by atoms with Crippen LogP contribution >= 0.6 is 0 Å². The lowest BCUT2D eigenvalue weighted by molar-refractivity contribution is -0.155. The highest BCUT2D eigenvalue weighted by Gasteiger charge is 2.21. The summed E-state index contributed by atoms with van der Waals surface area (Å²) in [4.78, 5) is 22.0. The maximum Gasteiger partial charge on any atom is 0.331 e. The van der Waals surface area contributed by atoms with Gasteiger partial charge in [0.1, 0.15) is 6.61 Å². The second kappa shape index (κ2) is 6.85. The molecule has 0 bridgehead atoms. The maximum atomic E-state index is 11.1. The van der Waals surface area contributed by atoms with Crippen LogP contribution in [0.2, 0.25) is 0 Å². The number of esters is 2. The zero-order chi connectivity index (χ0) is 13.5. The van der Waals surface area contributed by atoms with Crippen molar-refractivity contribution in [3.63, 3.8) is 0 Å². The standard InChI is InChI=1S/C12H19NO4/c1-6-10(14)16-8-9(13-12(3,4)5)17-11(15)7-2/h6-7,9,13H,1-2,8H2,3-5H3. The zero-order valence-corrected chi connectivity index (χ0v) is 10.5. The van der Waals surface area contributed by atoms with E-state index in [2.05, 4.69) is 18.5 Å². The highest BCUT2D eigenvalue weighted by Crippen LogP contribution is 2.03. The summed E-state index contributed by atoms with van der Waals surface area (Å²) in [6.07, 6.45) is 1.38. The fourth-order valence-corrected chi connectivity index (χ4v) is 0.993. The van der Waals surface area contributed by atoms with E-state index in [1.807, 2.05) is 20.8 Å². The lowest BCUT2D eigenvalue weighted by Crippen LogP contribution is -2.48. The Labute approximate surface area is 101 Å². The maximum absolute atomic E-state index is 11.1. The molecule has 5 nitrogen and oxygen atoms in total. The summed E-state index contributed by atoms with van der Waals surface area (Å²) in [5.74, 6) is -1.15. The van der Waals surface area contributed by atoms with E-state index in [9.17, 15) is 9.59 Å². The summed E-state index contributed by atoms with van der Waals surface area (Å²) in [6, 6.07) is 0. The molecule has 17 heavy (non-hydrogen) atoms. The fraction of sp³-hybridized carbons (Fsp3) is 0.500. The van der Waals surface area contributed by atoms with Crippen LogP contribution in [0.15, 0.2) is 25.3 Å². The Bertz CT molecular complexity index is 304. The van der Waals surface area contributed by atoms with Gasteiger partial charge in [0.15, 0.2) is 6.23 Å². The van der Waals surface area contributed by atoms with Crippen LogP contribution in [0.1, 0.15) is 20.8 Å². The summed E-state index contributed by atoms with van der Waals surface area (Å²) < 4.78 is 9.80. The molecular weight excluding hydrogens is 222 g/mol. The van der Waals surface area contributed by atoms with Crippen molar-refractivity contribution in [2.75, 3.05) is 6.61 Å². The molecule has 0 aliphatic rings. The first-order valence-corrected chi connectivity index (χ1v) is 5.18. The molecule has 0 fully saturated rings. The van der Waals surface area contributed by atoms with Crippen molar-refractivity contribution in [2.24, 2.45) is 0 Å². The number of carbonyl (C=O) groups is 2. The van der Waals surface area contributed by atoms with Gasteiger partial charge in [0.05, 0.1) is 0 Å². The highest BCUT2D eigenvalue weighted by atomic mass is 16.6. The van der Waals surface area contributed by atoms with Crippen molar-refractivity contribution in [3.8, 4) is 0 Å². The number of carbonyl (C=O) groups excluding carboxylic acids is 2. The molecule has 0 aromatic carbocycles. The molecule has 0 heterocycles. The second-order valence-corrected chi connectivity index (χ2v) is 4.36. The predicted molar refractivity (Wildman–Crippen MR) is 64.1 cm³/mol. The van der Waals surface area contributed by atoms with Gasteiger partial charge in [-0.15, -0.1) is 0 Å². The molecule has 0 radical (unpaired) electrons. The molecule has 96 valence electrons. The first-order valence-electron chi connectivity index (χ1n) is 5.18. The van der Waals surface area contributed by atoms with Crippen LogP contribution in [0.4, 0.5) is 0 Å². The third-order valence-electron chi connectivity index (χ3n) is 1.56. The molecule has 0 aliphatic heterocycles. The average Bonchev–Trinajstić information content (AvgIpc) is 2.23. The quantitative estimate of drug-likeness (QED) is 0.429. The van der Waals surface area contributed by atoms with E-state index >= 15 is 0 Å². The monoisotopic (exact) mass is 241 g/mol. The van der Waals surface area contributed by atoms with Crippen LogP contribution in [0.25, 0.3) is 0 Å². The van der Waals surface area contributed by atoms with Crippen molar-refractivity contribution in [1.29, 1.82) is 0 Å². The van der Waals surface area contributed by atoms with E-state index in [1.165, 1.54) is 0 Å². The predicted octanol–water partition coefficient (Wildman–Crippen LogP) is 1.16. The number of rotatable bonds is 6. The van der Waals surface area contributed by atoms with Gasteiger partial charge in [-0.05, 0) is 20.8 Å². The van der Waals surface area contributed by atoms with Crippen LogP contribution in [-0.4, -0.2) is 30.3 Å². The summed E-state index contributed by atoms with van der Waals surface area (Å²) in [7, 11) is 0. The Hall–Kier alpha value is -1.62. The highest BCUT2D eigenvalue weighted by molar-refractivity contribution is 5.82. The Morgan fingerprint density at radius 3 is 2.18 bits per heavy atom.